The Hall–Kier alpha value is -2.41. The number of carbonyl (C=O) groups is 1. The number of H-pyrrole nitrogens is 1. The Balaban J connectivity index is 1.66. The molecule has 5 rings (SSSR count). The first-order chi connectivity index (χ1) is 13.2. The number of hydrogen-bond acceptors (Lipinski definition) is 6. The van der Waals surface area contributed by atoms with E-state index in [0.717, 1.165) is 54.9 Å². The van der Waals surface area contributed by atoms with E-state index in [1.54, 1.807) is 11.3 Å². The quantitative estimate of drug-likeness (QED) is 0.832. The molecule has 0 radical (unpaired) electrons. The second-order valence-corrected chi connectivity index (χ2v) is 8.42. The fourth-order valence-electron chi connectivity index (χ4n) is 4.44. The maximum absolute atomic E-state index is 13.1. The molecule has 7 heteroatoms. The summed E-state index contributed by atoms with van der Waals surface area (Å²) < 4.78 is 0. The van der Waals surface area contributed by atoms with Crippen LogP contribution in [0.3, 0.4) is 0 Å². The molecule has 140 valence electrons. The van der Waals surface area contributed by atoms with E-state index in [-0.39, 0.29) is 17.3 Å². The average molecular weight is 382 g/mol. The molecule has 0 amide bonds. The van der Waals surface area contributed by atoms with Gasteiger partial charge < -0.3 is 10.2 Å². The Bertz CT molecular complexity index is 970. The number of aromatic amines is 1. The molecule has 6 nitrogen and oxygen atoms in total. The lowest BCUT2D eigenvalue weighted by Crippen LogP contribution is -2.36. The normalized spacial score (nSPS) is 22.3. The minimum atomic E-state index is -0.310. The van der Waals surface area contributed by atoms with Crippen LogP contribution in [0.25, 0.3) is 0 Å². The molecule has 2 aromatic rings. The predicted molar refractivity (Wildman–Crippen MR) is 107 cm³/mol. The lowest BCUT2D eigenvalue weighted by molar-refractivity contribution is -0.116. The van der Waals surface area contributed by atoms with Crippen molar-refractivity contribution in [1.29, 1.82) is 0 Å². The number of ketones is 1. The molecule has 0 aromatic carbocycles. The van der Waals surface area contributed by atoms with Crippen molar-refractivity contribution in [2.24, 2.45) is 0 Å². The zero-order valence-electron chi connectivity index (χ0n) is 15.1. The molecular formula is C20H22N4O2S. The van der Waals surface area contributed by atoms with Crippen LogP contribution in [0.1, 0.15) is 54.9 Å². The van der Waals surface area contributed by atoms with Crippen molar-refractivity contribution in [1.82, 2.24) is 9.97 Å². The van der Waals surface area contributed by atoms with E-state index in [4.69, 9.17) is 4.98 Å². The van der Waals surface area contributed by atoms with Crippen LogP contribution in [-0.2, 0) is 4.79 Å². The lowest BCUT2D eigenvalue weighted by Gasteiger charge is -2.33. The summed E-state index contributed by atoms with van der Waals surface area (Å²) in [6.45, 7) is 1.84. The van der Waals surface area contributed by atoms with Gasteiger partial charge in [-0.2, -0.15) is 4.98 Å². The Labute approximate surface area is 161 Å². The highest BCUT2D eigenvalue weighted by Gasteiger charge is 2.38. The number of rotatable bonds is 2. The second kappa shape index (κ2) is 6.64. The molecule has 1 fully saturated rings. The van der Waals surface area contributed by atoms with Crippen molar-refractivity contribution in [2.45, 2.75) is 44.4 Å². The number of thiophene rings is 1. The van der Waals surface area contributed by atoms with Gasteiger partial charge in [0, 0.05) is 35.7 Å². The van der Waals surface area contributed by atoms with Crippen molar-refractivity contribution in [3.63, 3.8) is 0 Å². The van der Waals surface area contributed by atoms with Crippen LogP contribution in [0.15, 0.2) is 33.6 Å². The summed E-state index contributed by atoms with van der Waals surface area (Å²) in [6.07, 6.45) is 5.69. The highest BCUT2D eigenvalue weighted by Crippen LogP contribution is 2.44. The summed E-state index contributed by atoms with van der Waals surface area (Å²) in [4.78, 5) is 36.8. The Kier molecular flexibility index (Phi) is 4.11. The third-order valence-corrected chi connectivity index (χ3v) is 6.67. The van der Waals surface area contributed by atoms with Crippen LogP contribution < -0.4 is 15.8 Å². The summed E-state index contributed by atoms with van der Waals surface area (Å²) in [5.74, 6) is 1.09. The minimum Gasteiger partial charge on any atom is -0.343 e. The standard InChI is InChI=1S/C20H22N4O2S/c25-13-7-4-6-12-15(13)16(14-8-5-11-27-14)17-18(21-12)22-20(23-19(17)26)24-9-2-1-3-10-24/h5,8,11,16H,1-4,6-7,9-10H2,(H2,21,22,23,26)/t16-/m1/s1. The number of hydrogen-bond donors (Lipinski definition) is 2. The number of allylic oxidation sites excluding steroid dienone is 2. The summed E-state index contributed by atoms with van der Waals surface area (Å²) in [7, 11) is 0. The van der Waals surface area contributed by atoms with Crippen LogP contribution in [0, 0.1) is 0 Å². The van der Waals surface area contributed by atoms with Gasteiger partial charge in [0.25, 0.3) is 5.56 Å². The fourth-order valence-corrected chi connectivity index (χ4v) is 5.29. The molecule has 2 aromatic heterocycles. The van der Waals surface area contributed by atoms with Crippen molar-refractivity contribution in [3.05, 3.63) is 49.6 Å². The molecular weight excluding hydrogens is 360 g/mol. The molecule has 1 atom stereocenters. The first-order valence-electron chi connectivity index (χ1n) is 9.68. The molecule has 0 spiro atoms. The van der Waals surface area contributed by atoms with Gasteiger partial charge in [-0.15, -0.1) is 11.3 Å². The van der Waals surface area contributed by atoms with Crippen LogP contribution in [-0.4, -0.2) is 28.8 Å². The molecule has 0 saturated carbocycles. The van der Waals surface area contributed by atoms with E-state index in [0.29, 0.717) is 23.8 Å². The Morgan fingerprint density at radius 2 is 1.96 bits per heavy atom. The van der Waals surface area contributed by atoms with Crippen molar-refractivity contribution in [3.8, 4) is 0 Å². The van der Waals surface area contributed by atoms with E-state index in [1.807, 2.05) is 17.5 Å². The summed E-state index contributed by atoms with van der Waals surface area (Å²) in [5.41, 5.74) is 2.14. The van der Waals surface area contributed by atoms with Gasteiger partial charge in [-0.1, -0.05) is 6.07 Å². The van der Waals surface area contributed by atoms with Crippen LogP contribution in [0.4, 0.5) is 11.8 Å². The van der Waals surface area contributed by atoms with Crippen molar-refractivity contribution in [2.75, 3.05) is 23.3 Å². The maximum Gasteiger partial charge on any atom is 0.258 e. The number of anilines is 2. The van der Waals surface area contributed by atoms with Gasteiger partial charge in [0.2, 0.25) is 5.95 Å². The fraction of sp³-hybridized carbons (Fsp3) is 0.450. The van der Waals surface area contributed by atoms with Crippen LogP contribution in [0.5, 0.6) is 0 Å². The molecule has 3 aliphatic rings. The largest absolute Gasteiger partial charge is 0.343 e. The minimum absolute atomic E-state index is 0.142. The van der Waals surface area contributed by atoms with Crippen molar-refractivity contribution >= 4 is 28.9 Å². The van der Waals surface area contributed by atoms with Gasteiger partial charge in [-0.3, -0.25) is 14.6 Å². The second-order valence-electron chi connectivity index (χ2n) is 7.44. The van der Waals surface area contributed by atoms with E-state index in [1.165, 1.54) is 6.42 Å². The first kappa shape index (κ1) is 16.7. The molecule has 2 aliphatic heterocycles. The monoisotopic (exact) mass is 382 g/mol. The average Bonchev–Trinajstić information content (AvgIpc) is 3.21. The van der Waals surface area contributed by atoms with E-state index >= 15 is 0 Å². The Morgan fingerprint density at radius 1 is 1.11 bits per heavy atom. The highest BCUT2D eigenvalue weighted by atomic mass is 32.1. The van der Waals surface area contributed by atoms with E-state index in [9.17, 15) is 9.59 Å². The first-order valence-corrected chi connectivity index (χ1v) is 10.6. The molecule has 2 N–H and O–H groups in total. The van der Waals surface area contributed by atoms with Gasteiger partial charge in [0.1, 0.15) is 5.82 Å². The number of nitrogens with zero attached hydrogens (tertiary/aromatic N) is 2. The van der Waals surface area contributed by atoms with Crippen molar-refractivity contribution < 1.29 is 4.79 Å². The maximum atomic E-state index is 13.1. The molecule has 1 saturated heterocycles. The molecule has 0 unspecified atom stereocenters. The van der Waals surface area contributed by atoms with Gasteiger partial charge in [0.05, 0.1) is 11.5 Å². The van der Waals surface area contributed by atoms with Gasteiger partial charge in [0.15, 0.2) is 5.78 Å². The number of carbonyl (C=O) groups excluding carboxylic acids is 1. The molecule has 27 heavy (non-hydrogen) atoms. The topological polar surface area (TPSA) is 78.1 Å². The number of fused-ring (bicyclic) bond motifs is 1. The van der Waals surface area contributed by atoms with Crippen LogP contribution in [0.2, 0.25) is 0 Å². The van der Waals surface area contributed by atoms with Gasteiger partial charge in [-0.05, 0) is 43.6 Å². The third kappa shape index (κ3) is 2.81. The smallest absolute Gasteiger partial charge is 0.258 e. The van der Waals surface area contributed by atoms with Gasteiger partial charge >= 0.3 is 0 Å². The number of nitrogens with one attached hydrogen (secondary N) is 2. The van der Waals surface area contributed by atoms with Gasteiger partial charge in [-0.25, -0.2) is 0 Å². The predicted octanol–water partition coefficient (Wildman–Crippen LogP) is 3.39. The van der Waals surface area contributed by atoms with E-state index in [2.05, 4.69) is 15.2 Å². The zero-order valence-corrected chi connectivity index (χ0v) is 15.9. The molecule has 1 aliphatic carbocycles. The zero-order chi connectivity index (χ0) is 18.4. The molecule has 0 bridgehead atoms. The number of piperidine rings is 1. The third-order valence-electron chi connectivity index (χ3n) is 5.73. The molecule has 4 heterocycles. The lowest BCUT2D eigenvalue weighted by atomic mass is 9.79. The summed E-state index contributed by atoms with van der Waals surface area (Å²) in [6, 6.07) is 3.98. The highest BCUT2D eigenvalue weighted by molar-refractivity contribution is 7.10. The van der Waals surface area contributed by atoms with E-state index < -0.39 is 0 Å². The Morgan fingerprint density at radius 3 is 2.74 bits per heavy atom. The SMILES string of the molecule is O=C1CCCC2=C1[C@@H](c1cccs1)c1c(nc(N3CCCCC3)[nH]c1=O)N2. The van der Waals surface area contributed by atoms with Crippen LogP contribution >= 0.6 is 11.3 Å². The number of aromatic nitrogens is 2. The number of Topliss-reactive ketones (excluding diaryl/α,β-unsaturated/α-hetero) is 1. The summed E-state index contributed by atoms with van der Waals surface area (Å²) in [5, 5.41) is 5.34. The summed E-state index contributed by atoms with van der Waals surface area (Å²) >= 11 is 1.59.